The maximum atomic E-state index is 12.2. The third-order valence-electron chi connectivity index (χ3n) is 3.04. The van der Waals surface area contributed by atoms with Gasteiger partial charge in [-0.2, -0.15) is 0 Å². The first-order valence-corrected chi connectivity index (χ1v) is 6.28. The normalized spacial score (nSPS) is 13.8. The maximum absolute atomic E-state index is 12.2. The number of carbonyl (C=O) groups is 1. The van der Waals surface area contributed by atoms with E-state index < -0.39 is 6.04 Å². The van der Waals surface area contributed by atoms with E-state index >= 15 is 0 Å². The van der Waals surface area contributed by atoms with Crippen LogP contribution >= 0.6 is 0 Å². The second-order valence-electron chi connectivity index (χ2n) is 4.38. The average molecular weight is 258 g/mol. The third-order valence-corrected chi connectivity index (χ3v) is 3.04. The number of likely N-dealkylation sites (N-methyl/N-ethyl adjacent to an activating group) is 1. The summed E-state index contributed by atoms with van der Waals surface area (Å²) in [6.45, 7) is 1.96. The van der Waals surface area contributed by atoms with Crippen LogP contribution in [0.1, 0.15) is 30.3 Å². The highest BCUT2D eigenvalue weighted by atomic mass is 16.3. The molecule has 1 aromatic carbocycles. The first-order valence-electron chi connectivity index (χ1n) is 6.28. The van der Waals surface area contributed by atoms with E-state index in [9.17, 15) is 4.79 Å². The van der Waals surface area contributed by atoms with Gasteiger partial charge in [0.15, 0.2) is 0 Å². The molecular formula is C15H18N2O2. The monoisotopic (exact) mass is 258 g/mol. The SMILES string of the molecule is CNC(C(=O)NC(C)c1ccccc1)c1ccco1. The van der Waals surface area contributed by atoms with Crippen LogP contribution in [0.15, 0.2) is 53.1 Å². The number of nitrogens with one attached hydrogen (secondary N) is 2. The summed E-state index contributed by atoms with van der Waals surface area (Å²) in [5.74, 6) is 0.508. The van der Waals surface area contributed by atoms with E-state index in [4.69, 9.17) is 4.42 Å². The highest BCUT2D eigenvalue weighted by Crippen LogP contribution is 2.16. The standard InChI is InChI=1S/C15H18N2O2/c1-11(12-7-4-3-5-8-12)17-15(18)14(16-2)13-9-6-10-19-13/h3-11,14,16H,1-2H3,(H,17,18). The molecule has 0 fully saturated rings. The fraction of sp³-hybridized carbons (Fsp3) is 0.267. The van der Waals surface area contributed by atoms with Gasteiger partial charge in [0.05, 0.1) is 12.3 Å². The molecule has 2 N–H and O–H groups in total. The molecule has 4 heteroatoms. The minimum Gasteiger partial charge on any atom is -0.467 e. The zero-order chi connectivity index (χ0) is 13.7. The number of hydrogen-bond donors (Lipinski definition) is 2. The summed E-state index contributed by atoms with van der Waals surface area (Å²) in [4.78, 5) is 12.2. The molecule has 1 amide bonds. The largest absolute Gasteiger partial charge is 0.467 e. The van der Waals surface area contributed by atoms with Gasteiger partial charge in [-0.25, -0.2) is 0 Å². The summed E-state index contributed by atoms with van der Waals surface area (Å²) >= 11 is 0. The van der Waals surface area contributed by atoms with E-state index in [0.29, 0.717) is 5.76 Å². The highest BCUT2D eigenvalue weighted by molar-refractivity contribution is 5.82. The third kappa shape index (κ3) is 3.23. The number of amides is 1. The van der Waals surface area contributed by atoms with Gasteiger partial charge in [0.25, 0.3) is 0 Å². The Morgan fingerprint density at radius 3 is 2.47 bits per heavy atom. The lowest BCUT2D eigenvalue weighted by molar-refractivity contribution is -0.124. The van der Waals surface area contributed by atoms with Crippen molar-refractivity contribution >= 4 is 5.91 Å². The van der Waals surface area contributed by atoms with Gasteiger partial charge in [0, 0.05) is 0 Å². The minimum atomic E-state index is -0.471. The molecule has 2 rings (SSSR count). The van der Waals surface area contributed by atoms with Gasteiger partial charge in [0.1, 0.15) is 11.8 Å². The topological polar surface area (TPSA) is 54.3 Å². The lowest BCUT2D eigenvalue weighted by atomic mass is 10.1. The van der Waals surface area contributed by atoms with Crippen LogP contribution in [-0.4, -0.2) is 13.0 Å². The Morgan fingerprint density at radius 1 is 1.16 bits per heavy atom. The van der Waals surface area contributed by atoms with Gasteiger partial charge in [0.2, 0.25) is 5.91 Å². The van der Waals surface area contributed by atoms with Crippen molar-refractivity contribution in [2.24, 2.45) is 0 Å². The van der Waals surface area contributed by atoms with Crippen LogP contribution < -0.4 is 10.6 Å². The van der Waals surface area contributed by atoms with E-state index in [2.05, 4.69) is 10.6 Å². The second-order valence-corrected chi connectivity index (χ2v) is 4.38. The van der Waals surface area contributed by atoms with Gasteiger partial charge in [-0.05, 0) is 31.7 Å². The molecule has 2 aromatic rings. The Morgan fingerprint density at radius 2 is 1.89 bits per heavy atom. The van der Waals surface area contributed by atoms with Crippen molar-refractivity contribution in [2.75, 3.05) is 7.05 Å². The molecule has 1 heterocycles. The molecule has 0 aliphatic heterocycles. The Balaban J connectivity index is 2.04. The van der Waals surface area contributed by atoms with Crippen molar-refractivity contribution in [3.8, 4) is 0 Å². The summed E-state index contributed by atoms with van der Waals surface area (Å²) < 4.78 is 5.27. The zero-order valence-corrected chi connectivity index (χ0v) is 11.1. The van der Waals surface area contributed by atoms with Gasteiger partial charge in [-0.15, -0.1) is 0 Å². The number of carbonyl (C=O) groups excluding carboxylic acids is 1. The molecule has 0 saturated carbocycles. The molecule has 19 heavy (non-hydrogen) atoms. The number of rotatable bonds is 5. The molecule has 1 aromatic heterocycles. The number of benzene rings is 1. The summed E-state index contributed by atoms with van der Waals surface area (Å²) in [5.41, 5.74) is 1.07. The van der Waals surface area contributed by atoms with Crippen LogP contribution in [0, 0.1) is 0 Å². The molecule has 0 aliphatic rings. The maximum Gasteiger partial charge on any atom is 0.245 e. The van der Waals surface area contributed by atoms with Crippen LogP contribution in [-0.2, 0) is 4.79 Å². The Labute approximate surface area is 112 Å². The lowest BCUT2D eigenvalue weighted by Gasteiger charge is -2.18. The van der Waals surface area contributed by atoms with Crippen molar-refractivity contribution in [1.29, 1.82) is 0 Å². The predicted octanol–water partition coefficient (Wildman–Crippen LogP) is 2.42. The van der Waals surface area contributed by atoms with Crippen LogP contribution in [0.5, 0.6) is 0 Å². The Kier molecular flexibility index (Phi) is 4.36. The van der Waals surface area contributed by atoms with Crippen molar-refractivity contribution in [3.05, 3.63) is 60.1 Å². The van der Waals surface area contributed by atoms with Gasteiger partial charge >= 0.3 is 0 Å². The van der Waals surface area contributed by atoms with E-state index in [0.717, 1.165) is 5.56 Å². The van der Waals surface area contributed by atoms with E-state index in [1.54, 1.807) is 25.4 Å². The van der Waals surface area contributed by atoms with Crippen LogP contribution in [0.4, 0.5) is 0 Å². The summed E-state index contributed by atoms with van der Waals surface area (Å²) in [5, 5.41) is 5.93. The van der Waals surface area contributed by atoms with Crippen molar-refractivity contribution < 1.29 is 9.21 Å². The van der Waals surface area contributed by atoms with Crippen LogP contribution in [0.3, 0.4) is 0 Å². The average Bonchev–Trinajstić information content (AvgIpc) is 2.94. The first kappa shape index (κ1) is 13.4. The van der Waals surface area contributed by atoms with Gasteiger partial charge < -0.3 is 15.1 Å². The summed E-state index contributed by atoms with van der Waals surface area (Å²) in [7, 11) is 1.74. The molecule has 2 unspecified atom stereocenters. The molecule has 0 aliphatic carbocycles. The zero-order valence-electron chi connectivity index (χ0n) is 11.1. The number of hydrogen-bond acceptors (Lipinski definition) is 3. The van der Waals surface area contributed by atoms with Crippen molar-refractivity contribution in [3.63, 3.8) is 0 Å². The highest BCUT2D eigenvalue weighted by Gasteiger charge is 2.22. The van der Waals surface area contributed by atoms with Crippen LogP contribution in [0.25, 0.3) is 0 Å². The summed E-state index contributed by atoms with van der Waals surface area (Å²) in [6, 6.07) is 12.9. The second kappa shape index (κ2) is 6.20. The molecule has 2 atom stereocenters. The fourth-order valence-electron chi connectivity index (χ4n) is 1.98. The molecular weight excluding hydrogens is 240 g/mol. The van der Waals surface area contributed by atoms with E-state index in [1.165, 1.54) is 0 Å². The minimum absolute atomic E-state index is 0.0421. The van der Waals surface area contributed by atoms with Gasteiger partial charge in [-0.3, -0.25) is 4.79 Å². The molecule has 4 nitrogen and oxygen atoms in total. The Hall–Kier alpha value is -2.07. The smallest absolute Gasteiger partial charge is 0.245 e. The molecule has 0 bridgehead atoms. The van der Waals surface area contributed by atoms with Crippen LogP contribution in [0.2, 0.25) is 0 Å². The Bertz CT molecular complexity index is 508. The summed E-state index contributed by atoms with van der Waals surface area (Å²) in [6.07, 6.45) is 1.56. The predicted molar refractivity (Wildman–Crippen MR) is 73.5 cm³/mol. The van der Waals surface area contributed by atoms with Crippen molar-refractivity contribution in [2.45, 2.75) is 19.0 Å². The molecule has 0 saturated heterocycles. The first-order chi connectivity index (χ1) is 9.22. The number of furan rings is 1. The van der Waals surface area contributed by atoms with Gasteiger partial charge in [-0.1, -0.05) is 30.3 Å². The quantitative estimate of drug-likeness (QED) is 0.866. The molecule has 0 radical (unpaired) electrons. The van der Waals surface area contributed by atoms with Crippen molar-refractivity contribution in [1.82, 2.24) is 10.6 Å². The van der Waals surface area contributed by atoms with E-state index in [-0.39, 0.29) is 11.9 Å². The lowest BCUT2D eigenvalue weighted by Crippen LogP contribution is -2.37. The fourth-order valence-corrected chi connectivity index (χ4v) is 1.98. The van der Waals surface area contributed by atoms with E-state index in [1.807, 2.05) is 37.3 Å². The molecule has 100 valence electrons. The molecule has 0 spiro atoms.